The summed E-state index contributed by atoms with van der Waals surface area (Å²) < 4.78 is 55.0. The predicted molar refractivity (Wildman–Crippen MR) is 118 cm³/mol. The number of nitrogens with zero attached hydrogens (tertiary/aromatic N) is 2. The maximum atomic E-state index is 13.1. The first-order valence-electron chi connectivity index (χ1n) is 10.7. The number of alkyl halides is 3. The molecule has 1 aromatic carbocycles. The van der Waals surface area contributed by atoms with Gasteiger partial charge in [-0.25, -0.2) is 4.98 Å². The minimum absolute atomic E-state index is 0.0716. The van der Waals surface area contributed by atoms with Crippen molar-refractivity contribution in [1.29, 1.82) is 0 Å². The topological polar surface area (TPSA) is 106 Å². The van der Waals surface area contributed by atoms with Crippen molar-refractivity contribution in [3.8, 4) is 5.75 Å². The van der Waals surface area contributed by atoms with Crippen LogP contribution in [0.5, 0.6) is 5.75 Å². The fourth-order valence-electron chi connectivity index (χ4n) is 3.43. The molecule has 1 saturated heterocycles. The van der Waals surface area contributed by atoms with Crippen molar-refractivity contribution in [1.82, 2.24) is 9.97 Å². The summed E-state index contributed by atoms with van der Waals surface area (Å²) in [6, 6.07) is 2.84. The van der Waals surface area contributed by atoms with E-state index in [1.54, 1.807) is 6.92 Å². The first-order valence-corrected chi connectivity index (χ1v) is 10.7. The molecule has 0 bridgehead atoms. The molecule has 186 valence electrons. The number of methoxy groups -OCH3 is 1. The summed E-state index contributed by atoms with van der Waals surface area (Å²) in [5, 5.41) is 2.46. The van der Waals surface area contributed by atoms with E-state index in [2.05, 4.69) is 15.3 Å². The van der Waals surface area contributed by atoms with E-state index in [0.29, 0.717) is 43.5 Å². The van der Waals surface area contributed by atoms with Crippen molar-refractivity contribution in [3.05, 3.63) is 45.4 Å². The zero-order chi connectivity index (χ0) is 24.7. The summed E-state index contributed by atoms with van der Waals surface area (Å²) in [7, 11) is 1.46. The number of rotatable bonds is 9. The Morgan fingerprint density at radius 2 is 2.00 bits per heavy atom. The number of anilines is 2. The van der Waals surface area contributed by atoms with E-state index < -0.39 is 17.6 Å². The van der Waals surface area contributed by atoms with Crippen molar-refractivity contribution in [2.24, 2.45) is 0 Å². The third kappa shape index (κ3) is 6.70. The molecule has 0 saturated carbocycles. The van der Waals surface area contributed by atoms with Crippen LogP contribution in [-0.4, -0.2) is 62.5 Å². The Morgan fingerprint density at radius 3 is 2.65 bits per heavy atom. The molecule has 0 aliphatic carbocycles. The Bertz CT molecular complexity index is 1050. The van der Waals surface area contributed by atoms with E-state index in [1.807, 2.05) is 4.90 Å². The molecule has 0 spiro atoms. The second-order valence-electron chi connectivity index (χ2n) is 7.65. The van der Waals surface area contributed by atoms with Gasteiger partial charge in [-0.15, -0.1) is 0 Å². The van der Waals surface area contributed by atoms with Gasteiger partial charge in [-0.3, -0.25) is 14.6 Å². The first kappa shape index (κ1) is 25.5. The molecular formula is C22H27F3N4O5. The highest BCUT2D eigenvalue weighted by atomic mass is 19.4. The maximum absolute atomic E-state index is 13.1. The first-order chi connectivity index (χ1) is 16.2. The van der Waals surface area contributed by atoms with Crippen LogP contribution < -0.4 is 20.5 Å². The van der Waals surface area contributed by atoms with Gasteiger partial charge < -0.3 is 24.4 Å². The number of hydrogen-bond donors (Lipinski definition) is 2. The number of H-pyrrole nitrogens is 1. The monoisotopic (exact) mass is 484 g/mol. The van der Waals surface area contributed by atoms with Crippen LogP contribution in [0.2, 0.25) is 0 Å². The maximum Gasteiger partial charge on any atom is 0.416 e. The van der Waals surface area contributed by atoms with Gasteiger partial charge in [0, 0.05) is 37.9 Å². The van der Waals surface area contributed by atoms with Gasteiger partial charge in [0.2, 0.25) is 11.9 Å². The van der Waals surface area contributed by atoms with Crippen LogP contribution >= 0.6 is 0 Å². The molecule has 34 heavy (non-hydrogen) atoms. The number of hydrogen-bond acceptors (Lipinski definition) is 7. The number of morpholine rings is 1. The van der Waals surface area contributed by atoms with Gasteiger partial charge >= 0.3 is 6.18 Å². The van der Waals surface area contributed by atoms with E-state index in [0.717, 1.165) is 18.2 Å². The van der Waals surface area contributed by atoms with Crippen molar-refractivity contribution >= 4 is 17.5 Å². The molecule has 0 radical (unpaired) electrons. The summed E-state index contributed by atoms with van der Waals surface area (Å²) >= 11 is 0. The lowest BCUT2D eigenvalue weighted by atomic mass is 10.1. The third-order valence-corrected chi connectivity index (χ3v) is 5.25. The normalized spacial score (nSPS) is 14.2. The molecule has 2 aromatic rings. The van der Waals surface area contributed by atoms with Crippen LogP contribution in [0.25, 0.3) is 0 Å². The summed E-state index contributed by atoms with van der Waals surface area (Å²) in [4.78, 5) is 34.2. The lowest BCUT2D eigenvalue weighted by molar-refractivity contribution is -0.137. The minimum atomic E-state index is -4.58. The van der Waals surface area contributed by atoms with Crippen molar-refractivity contribution in [2.45, 2.75) is 25.9 Å². The Morgan fingerprint density at radius 1 is 1.26 bits per heavy atom. The molecule has 12 heteroatoms. The van der Waals surface area contributed by atoms with Gasteiger partial charge in [-0.2, -0.15) is 13.2 Å². The summed E-state index contributed by atoms with van der Waals surface area (Å²) in [5.74, 6) is -0.0308. The quantitative estimate of drug-likeness (QED) is 0.527. The fraction of sp³-hybridized carbons (Fsp3) is 0.500. The Kier molecular flexibility index (Phi) is 8.51. The molecule has 2 N–H and O–H groups in total. The lowest BCUT2D eigenvalue weighted by Crippen LogP contribution is -2.38. The molecule has 0 unspecified atom stereocenters. The van der Waals surface area contributed by atoms with Crippen LogP contribution in [-0.2, 0) is 26.9 Å². The number of carbonyl (C=O) groups is 1. The molecule has 1 amide bonds. The van der Waals surface area contributed by atoms with E-state index in [-0.39, 0.29) is 43.1 Å². The number of aryl methyl sites for hydroxylation is 1. The Balaban J connectivity index is 1.70. The van der Waals surface area contributed by atoms with Crippen LogP contribution in [0.15, 0.2) is 23.0 Å². The second kappa shape index (κ2) is 11.3. The van der Waals surface area contributed by atoms with E-state index in [4.69, 9.17) is 14.2 Å². The molecule has 0 atom stereocenters. The van der Waals surface area contributed by atoms with Crippen molar-refractivity contribution < 1.29 is 32.2 Å². The van der Waals surface area contributed by atoms with E-state index >= 15 is 0 Å². The van der Waals surface area contributed by atoms with Gasteiger partial charge in [-0.05, 0) is 31.5 Å². The number of benzene rings is 1. The summed E-state index contributed by atoms with van der Waals surface area (Å²) in [6.07, 6.45) is -4.64. The highest BCUT2D eigenvalue weighted by Crippen LogP contribution is 2.35. The SMILES string of the molecule is COCCOc1ccc(C(F)(F)F)cc1NC(=O)CCc1c(C)nc(N2CCOCC2)[nH]c1=O. The second-order valence-corrected chi connectivity index (χ2v) is 7.65. The van der Waals surface area contributed by atoms with Gasteiger partial charge in [0.25, 0.3) is 5.56 Å². The third-order valence-electron chi connectivity index (χ3n) is 5.25. The molecule has 2 heterocycles. The molecular weight excluding hydrogens is 457 g/mol. The average Bonchev–Trinajstić information content (AvgIpc) is 2.79. The summed E-state index contributed by atoms with van der Waals surface area (Å²) in [5.41, 5.74) is -0.558. The van der Waals surface area contributed by atoms with Crippen LogP contribution in [0.4, 0.5) is 24.8 Å². The van der Waals surface area contributed by atoms with Gasteiger partial charge in [0.15, 0.2) is 0 Å². The Labute approximate surface area is 194 Å². The zero-order valence-electron chi connectivity index (χ0n) is 19.0. The number of carbonyl (C=O) groups excluding carboxylic acids is 1. The highest BCUT2D eigenvalue weighted by molar-refractivity contribution is 5.92. The van der Waals surface area contributed by atoms with Gasteiger partial charge in [0.1, 0.15) is 12.4 Å². The highest BCUT2D eigenvalue weighted by Gasteiger charge is 2.31. The van der Waals surface area contributed by atoms with Gasteiger partial charge in [-0.1, -0.05) is 0 Å². The summed E-state index contributed by atoms with van der Waals surface area (Å²) in [6.45, 7) is 4.30. The number of nitrogens with one attached hydrogen (secondary N) is 2. The van der Waals surface area contributed by atoms with Crippen molar-refractivity contribution in [2.75, 3.05) is 56.8 Å². The lowest BCUT2D eigenvalue weighted by Gasteiger charge is -2.27. The van der Waals surface area contributed by atoms with E-state index in [9.17, 15) is 22.8 Å². The zero-order valence-corrected chi connectivity index (χ0v) is 19.0. The Hall–Kier alpha value is -3.12. The van der Waals surface area contributed by atoms with Crippen LogP contribution in [0, 0.1) is 6.92 Å². The average molecular weight is 484 g/mol. The minimum Gasteiger partial charge on any atom is -0.489 e. The standard InChI is InChI=1S/C22H27F3N4O5/c1-14-16(20(31)28-21(26-14)29-7-9-33-10-8-29)4-6-19(30)27-17-13-15(22(23,24)25)3-5-18(17)34-12-11-32-2/h3,5,13H,4,6-12H2,1-2H3,(H,27,30)(H,26,28,31). The number of amides is 1. The molecule has 1 aliphatic heterocycles. The smallest absolute Gasteiger partial charge is 0.416 e. The molecule has 1 aliphatic rings. The van der Waals surface area contributed by atoms with Crippen LogP contribution in [0.1, 0.15) is 23.2 Å². The number of aromatic amines is 1. The molecule has 1 fully saturated rings. The largest absolute Gasteiger partial charge is 0.489 e. The number of aromatic nitrogens is 2. The van der Waals surface area contributed by atoms with E-state index in [1.165, 1.54) is 7.11 Å². The predicted octanol–water partition coefficient (Wildman–Crippen LogP) is 2.53. The van der Waals surface area contributed by atoms with Crippen molar-refractivity contribution in [3.63, 3.8) is 0 Å². The van der Waals surface area contributed by atoms with Gasteiger partial charge in [0.05, 0.1) is 31.1 Å². The number of halogens is 3. The fourth-order valence-corrected chi connectivity index (χ4v) is 3.43. The molecule has 9 nitrogen and oxygen atoms in total. The molecule has 3 rings (SSSR count). The number of ether oxygens (including phenoxy) is 3. The molecule has 1 aromatic heterocycles. The van der Waals surface area contributed by atoms with Crippen LogP contribution in [0.3, 0.4) is 0 Å².